The maximum absolute atomic E-state index is 12.3. The van der Waals surface area contributed by atoms with Gasteiger partial charge in [-0.05, 0) is 31.9 Å². The lowest BCUT2D eigenvalue weighted by atomic mass is 10.2. The Bertz CT molecular complexity index is 662. The van der Waals surface area contributed by atoms with Crippen molar-refractivity contribution in [2.75, 3.05) is 24.6 Å². The Morgan fingerprint density at radius 1 is 1.33 bits per heavy atom. The van der Waals surface area contributed by atoms with E-state index in [4.69, 9.17) is 4.74 Å². The molecule has 0 aliphatic carbocycles. The average molecular weight is 327 g/mol. The molecule has 1 atom stereocenters. The van der Waals surface area contributed by atoms with Crippen LogP contribution in [0.4, 0.5) is 5.95 Å². The molecule has 0 bridgehead atoms. The zero-order chi connectivity index (χ0) is 16.8. The second-order valence-corrected chi connectivity index (χ2v) is 5.57. The predicted molar refractivity (Wildman–Crippen MR) is 90.1 cm³/mol. The Kier molecular flexibility index (Phi) is 5.20. The number of anilines is 1. The van der Waals surface area contributed by atoms with Crippen molar-refractivity contribution in [3.8, 4) is 5.88 Å². The average Bonchev–Trinajstić information content (AvgIpc) is 3.10. The lowest BCUT2D eigenvalue weighted by Gasteiger charge is -2.24. The van der Waals surface area contributed by atoms with E-state index in [2.05, 4.69) is 25.2 Å². The van der Waals surface area contributed by atoms with Gasteiger partial charge in [0.05, 0.1) is 12.2 Å². The fraction of sp³-hybridized carbons (Fsp3) is 0.412. The van der Waals surface area contributed by atoms with Crippen LogP contribution < -0.4 is 15.0 Å². The monoisotopic (exact) mass is 327 g/mol. The minimum atomic E-state index is -0.133. The van der Waals surface area contributed by atoms with Crippen molar-refractivity contribution in [2.24, 2.45) is 0 Å². The van der Waals surface area contributed by atoms with E-state index in [1.165, 1.54) is 6.20 Å². The predicted octanol–water partition coefficient (Wildman–Crippen LogP) is 1.67. The Morgan fingerprint density at radius 2 is 2.17 bits per heavy atom. The summed E-state index contributed by atoms with van der Waals surface area (Å²) in [7, 11) is 0. The van der Waals surface area contributed by atoms with E-state index in [0.29, 0.717) is 24.6 Å². The summed E-state index contributed by atoms with van der Waals surface area (Å²) in [6, 6.07) is 5.44. The number of ether oxygens (including phenoxy) is 1. The van der Waals surface area contributed by atoms with E-state index in [9.17, 15) is 4.79 Å². The SMILES string of the molecule is CCOc1ccc(C(=O)NCC2CCCN2c2ncccn2)cn1. The maximum atomic E-state index is 12.3. The Hall–Kier alpha value is -2.70. The van der Waals surface area contributed by atoms with Crippen molar-refractivity contribution >= 4 is 11.9 Å². The first kappa shape index (κ1) is 16.2. The molecule has 126 valence electrons. The molecule has 3 rings (SSSR count). The highest BCUT2D eigenvalue weighted by Gasteiger charge is 2.26. The number of nitrogens with zero attached hydrogens (tertiary/aromatic N) is 4. The van der Waals surface area contributed by atoms with Crippen molar-refractivity contribution in [1.29, 1.82) is 0 Å². The molecule has 7 heteroatoms. The van der Waals surface area contributed by atoms with Crippen LogP contribution in [-0.4, -0.2) is 46.6 Å². The molecule has 0 saturated carbocycles. The summed E-state index contributed by atoms with van der Waals surface area (Å²) in [6.45, 7) is 3.92. The third-order valence-corrected chi connectivity index (χ3v) is 3.98. The molecule has 1 N–H and O–H groups in total. The zero-order valence-electron chi connectivity index (χ0n) is 13.7. The summed E-state index contributed by atoms with van der Waals surface area (Å²) in [5.74, 6) is 1.11. The molecule has 2 aromatic heterocycles. The molecule has 1 amide bonds. The number of carbonyl (C=O) groups excluding carboxylic acids is 1. The van der Waals surface area contributed by atoms with E-state index < -0.39 is 0 Å². The van der Waals surface area contributed by atoms with Crippen molar-refractivity contribution in [1.82, 2.24) is 20.3 Å². The standard InChI is InChI=1S/C17H21N5O2/c1-2-24-15-7-6-13(11-20-15)16(23)21-12-14-5-3-10-22(14)17-18-8-4-9-19-17/h4,6-9,11,14H,2-3,5,10,12H2,1H3,(H,21,23). The fourth-order valence-corrected chi connectivity index (χ4v) is 2.81. The highest BCUT2D eigenvalue weighted by atomic mass is 16.5. The van der Waals surface area contributed by atoms with E-state index in [1.807, 2.05) is 6.92 Å². The third-order valence-electron chi connectivity index (χ3n) is 3.98. The van der Waals surface area contributed by atoms with Gasteiger partial charge in [-0.15, -0.1) is 0 Å². The molecular formula is C17H21N5O2. The molecule has 3 heterocycles. The number of hydrogen-bond donors (Lipinski definition) is 1. The van der Waals surface area contributed by atoms with Crippen LogP contribution in [0.15, 0.2) is 36.8 Å². The Balaban J connectivity index is 1.57. The van der Waals surface area contributed by atoms with Crippen LogP contribution in [0.2, 0.25) is 0 Å². The van der Waals surface area contributed by atoms with E-state index in [-0.39, 0.29) is 11.9 Å². The summed E-state index contributed by atoms with van der Waals surface area (Å²) in [6.07, 6.45) is 7.10. The van der Waals surface area contributed by atoms with Gasteiger partial charge in [-0.3, -0.25) is 4.79 Å². The molecular weight excluding hydrogens is 306 g/mol. The number of pyridine rings is 1. The number of nitrogens with one attached hydrogen (secondary N) is 1. The quantitative estimate of drug-likeness (QED) is 0.869. The first-order valence-electron chi connectivity index (χ1n) is 8.18. The van der Waals surface area contributed by atoms with Crippen LogP contribution in [0.3, 0.4) is 0 Å². The van der Waals surface area contributed by atoms with Crippen LogP contribution in [0.5, 0.6) is 5.88 Å². The van der Waals surface area contributed by atoms with Crippen molar-refractivity contribution in [3.63, 3.8) is 0 Å². The molecule has 0 radical (unpaired) electrons. The largest absolute Gasteiger partial charge is 0.478 e. The second-order valence-electron chi connectivity index (χ2n) is 5.57. The molecule has 1 unspecified atom stereocenters. The summed E-state index contributed by atoms with van der Waals surface area (Å²) in [4.78, 5) is 27.1. The van der Waals surface area contributed by atoms with Gasteiger partial charge in [-0.25, -0.2) is 15.0 Å². The first-order valence-corrected chi connectivity index (χ1v) is 8.18. The van der Waals surface area contributed by atoms with Gasteiger partial charge in [0, 0.05) is 43.8 Å². The Morgan fingerprint density at radius 3 is 2.88 bits per heavy atom. The smallest absolute Gasteiger partial charge is 0.252 e. The molecule has 1 fully saturated rings. The van der Waals surface area contributed by atoms with E-state index >= 15 is 0 Å². The number of amides is 1. The van der Waals surface area contributed by atoms with Crippen molar-refractivity contribution < 1.29 is 9.53 Å². The molecule has 1 aliphatic rings. The van der Waals surface area contributed by atoms with Gasteiger partial charge in [0.2, 0.25) is 11.8 Å². The normalized spacial score (nSPS) is 16.9. The summed E-state index contributed by atoms with van der Waals surface area (Å²) >= 11 is 0. The van der Waals surface area contributed by atoms with Gasteiger partial charge < -0.3 is 15.0 Å². The minimum absolute atomic E-state index is 0.133. The summed E-state index contributed by atoms with van der Waals surface area (Å²) in [5, 5.41) is 2.98. The number of hydrogen-bond acceptors (Lipinski definition) is 6. The van der Waals surface area contributed by atoms with Crippen LogP contribution in [0.1, 0.15) is 30.1 Å². The lowest BCUT2D eigenvalue weighted by molar-refractivity contribution is 0.0951. The number of carbonyl (C=O) groups is 1. The van der Waals surface area contributed by atoms with Gasteiger partial charge in [-0.1, -0.05) is 0 Å². The van der Waals surface area contributed by atoms with Gasteiger partial charge in [0.1, 0.15) is 0 Å². The summed E-state index contributed by atoms with van der Waals surface area (Å²) < 4.78 is 5.28. The molecule has 7 nitrogen and oxygen atoms in total. The molecule has 1 saturated heterocycles. The minimum Gasteiger partial charge on any atom is -0.478 e. The topological polar surface area (TPSA) is 80.2 Å². The van der Waals surface area contributed by atoms with Crippen LogP contribution in [0, 0.1) is 0 Å². The first-order chi connectivity index (χ1) is 11.8. The molecule has 1 aliphatic heterocycles. The van der Waals surface area contributed by atoms with E-state index in [1.54, 1.807) is 30.6 Å². The Labute approximate surface area is 141 Å². The second kappa shape index (κ2) is 7.72. The van der Waals surface area contributed by atoms with Gasteiger partial charge in [-0.2, -0.15) is 0 Å². The highest BCUT2D eigenvalue weighted by molar-refractivity contribution is 5.93. The number of rotatable bonds is 6. The fourth-order valence-electron chi connectivity index (χ4n) is 2.81. The van der Waals surface area contributed by atoms with Crippen molar-refractivity contribution in [3.05, 3.63) is 42.4 Å². The maximum Gasteiger partial charge on any atom is 0.252 e. The van der Waals surface area contributed by atoms with Gasteiger partial charge in [0.25, 0.3) is 5.91 Å². The molecule has 2 aromatic rings. The molecule has 0 aromatic carbocycles. The lowest BCUT2D eigenvalue weighted by Crippen LogP contribution is -2.41. The van der Waals surface area contributed by atoms with Crippen molar-refractivity contribution in [2.45, 2.75) is 25.8 Å². The van der Waals surface area contributed by atoms with Crippen LogP contribution in [0.25, 0.3) is 0 Å². The zero-order valence-corrected chi connectivity index (χ0v) is 13.7. The van der Waals surface area contributed by atoms with Gasteiger partial charge >= 0.3 is 0 Å². The van der Waals surface area contributed by atoms with Gasteiger partial charge in [0.15, 0.2) is 0 Å². The molecule has 24 heavy (non-hydrogen) atoms. The summed E-state index contributed by atoms with van der Waals surface area (Å²) in [5.41, 5.74) is 0.527. The molecule has 0 spiro atoms. The number of aromatic nitrogens is 3. The third kappa shape index (κ3) is 3.79. The highest BCUT2D eigenvalue weighted by Crippen LogP contribution is 2.21. The van der Waals surface area contributed by atoms with Crippen LogP contribution >= 0.6 is 0 Å². The van der Waals surface area contributed by atoms with Crippen LogP contribution in [-0.2, 0) is 0 Å². The van der Waals surface area contributed by atoms with E-state index in [0.717, 1.165) is 25.3 Å².